The number of allylic oxidation sites excluding steroid dienone is 1. The molecule has 0 aromatic heterocycles. The van der Waals surface area contributed by atoms with Gasteiger partial charge in [0.1, 0.15) is 29.9 Å². The summed E-state index contributed by atoms with van der Waals surface area (Å²) in [5.41, 5.74) is 1.92. The lowest BCUT2D eigenvalue weighted by Crippen LogP contribution is -2.59. The summed E-state index contributed by atoms with van der Waals surface area (Å²) in [5, 5.41) is 23.0. The molecule has 0 saturated carbocycles. The fourth-order valence-corrected chi connectivity index (χ4v) is 6.92. The van der Waals surface area contributed by atoms with Crippen LogP contribution in [0.5, 0.6) is 17.2 Å². The molecule has 14 heteroatoms. The van der Waals surface area contributed by atoms with Crippen LogP contribution in [0, 0.1) is 0 Å². The van der Waals surface area contributed by atoms with Crippen LogP contribution in [0.1, 0.15) is 29.5 Å². The van der Waals surface area contributed by atoms with E-state index in [1.165, 1.54) is 14.2 Å². The van der Waals surface area contributed by atoms with Gasteiger partial charge in [-0.1, -0.05) is 54.6 Å². The van der Waals surface area contributed by atoms with Crippen molar-refractivity contribution in [1.29, 1.82) is 0 Å². The molecular formula is C38H42N4O9S. The number of amides is 4. The summed E-state index contributed by atoms with van der Waals surface area (Å²) >= 11 is 1.55. The molecule has 6 rings (SSSR count). The summed E-state index contributed by atoms with van der Waals surface area (Å²) in [7, 11) is 2.98. The number of nitrogens with one attached hydrogen (secondary N) is 4. The van der Waals surface area contributed by atoms with Gasteiger partial charge < -0.3 is 40.6 Å². The van der Waals surface area contributed by atoms with Crippen molar-refractivity contribution in [2.24, 2.45) is 0 Å². The number of hydrogen-bond donors (Lipinski definition) is 5. The Labute approximate surface area is 305 Å². The topological polar surface area (TPSA) is 181 Å². The minimum absolute atomic E-state index is 0.0189. The average Bonchev–Trinajstić information content (AvgIpc) is 3.66. The molecule has 5 atom stereocenters. The maximum absolute atomic E-state index is 14.2. The first-order valence-electron chi connectivity index (χ1n) is 16.8. The first-order chi connectivity index (χ1) is 25.1. The largest absolute Gasteiger partial charge is 0.493 e. The molecule has 3 aromatic carbocycles. The summed E-state index contributed by atoms with van der Waals surface area (Å²) in [5.74, 6) is -2.57. The third kappa shape index (κ3) is 10.5. The first kappa shape index (κ1) is 37.7. The predicted molar refractivity (Wildman–Crippen MR) is 194 cm³/mol. The van der Waals surface area contributed by atoms with E-state index < -0.39 is 53.8 Å². The van der Waals surface area contributed by atoms with Gasteiger partial charge in [0.05, 0.1) is 14.2 Å². The lowest BCUT2D eigenvalue weighted by atomic mass is 10.0. The van der Waals surface area contributed by atoms with Crippen LogP contribution >= 0.6 is 11.8 Å². The summed E-state index contributed by atoms with van der Waals surface area (Å²) < 4.78 is 16.5. The SMILES string of the molecule is COc1ccc(C[C@@H]2NC(=O)[C@H](CC3CC=CS3)NC(=O)COc3ccc(cc3)C[C@@H](C(=O)O)NC(=O)[C@H](Cc3ccccc3)NC2=O)cc1OC. The fourth-order valence-electron chi connectivity index (χ4n) is 5.95. The molecule has 3 aromatic rings. The molecule has 5 N–H and O–H groups in total. The predicted octanol–water partition coefficient (Wildman–Crippen LogP) is 2.56. The van der Waals surface area contributed by atoms with Crippen LogP contribution < -0.4 is 35.5 Å². The van der Waals surface area contributed by atoms with Gasteiger partial charge in [0, 0.05) is 24.5 Å². The normalized spacial score (nSPS) is 22.8. The zero-order valence-electron chi connectivity index (χ0n) is 28.8. The summed E-state index contributed by atoms with van der Waals surface area (Å²) in [6.45, 7) is -0.385. The molecule has 3 heterocycles. The number of carboxylic acid groups (broad SMARTS) is 1. The molecule has 0 aliphatic carbocycles. The maximum atomic E-state index is 14.2. The van der Waals surface area contributed by atoms with Gasteiger partial charge in [-0.2, -0.15) is 0 Å². The van der Waals surface area contributed by atoms with Crippen LogP contribution in [0.4, 0.5) is 0 Å². The Kier molecular flexibility index (Phi) is 13.2. The van der Waals surface area contributed by atoms with Crippen LogP contribution in [0.25, 0.3) is 0 Å². The zero-order chi connectivity index (χ0) is 37.0. The fraction of sp³-hybridized carbons (Fsp3) is 0.342. The Balaban J connectivity index is 1.51. The lowest BCUT2D eigenvalue weighted by Gasteiger charge is -2.27. The van der Waals surface area contributed by atoms with Gasteiger partial charge in [-0.25, -0.2) is 4.79 Å². The number of carbonyl (C=O) groups excluding carboxylic acids is 4. The Hall–Kier alpha value is -5.50. The number of carboxylic acids is 1. The Morgan fingerprint density at radius 3 is 2.08 bits per heavy atom. The molecule has 2 bridgehead atoms. The van der Waals surface area contributed by atoms with Crippen molar-refractivity contribution in [1.82, 2.24) is 21.3 Å². The second-order valence-electron chi connectivity index (χ2n) is 12.5. The van der Waals surface area contributed by atoms with Crippen molar-refractivity contribution in [3.8, 4) is 17.2 Å². The van der Waals surface area contributed by atoms with Crippen molar-refractivity contribution in [3.63, 3.8) is 0 Å². The Morgan fingerprint density at radius 1 is 0.788 bits per heavy atom. The molecule has 0 fully saturated rings. The number of thioether (sulfide) groups is 1. The van der Waals surface area contributed by atoms with E-state index in [9.17, 15) is 29.1 Å². The van der Waals surface area contributed by atoms with E-state index in [0.29, 0.717) is 34.8 Å². The van der Waals surface area contributed by atoms with Crippen molar-refractivity contribution in [3.05, 3.63) is 101 Å². The van der Waals surface area contributed by atoms with Crippen LogP contribution in [-0.2, 0) is 43.2 Å². The van der Waals surface area contributed by atoms with E-state index in [1.807, 2.05) is 17.6 Å². The highest BCUT2D eigenvalue weighted by atomic mass is 32.2. The van der Waals surface area contributed by atoms with E-state index in [-0.39, 0.29) is 37.5 Å². The monoisotopic (exact) mass is 730 g/mol. The molecule has 0 spiro atoms. The highest BCUT2D eigenvalue weighted by molar-refractivity contribution is 8.03. The lowest BCUT2D eigenvalue weighted by molar-refractivity contribution is -0.142. The molecule has 274 valence electrons. The van der Waals surface area contributed by atoms with E-state index in [4.69, 9.17) is 14.2 Å². The summed E-state index contributed by atoms with van der Waals surface area (Å²) in [6.07, 6.45) is 2.94. The molecule has 3 aliphatic rings. The van der Waals surface area contributed by atoms with Crippen LogP contribution in [0.2, 0.25) is 0 Å². The van der Waals surface area contributed by atoms with Crippen LogP contribution in [0.3, 0.4) is 0 Å². The number of carbonyl (C=O) groups is 5. The zero-order valence-corrected chi connectivity index (χ0v) is 29.7. The van der Waals surface area contributed by atoms with Crippen molar-refractivity contribution < 1.29 is 43.3 Å². The standard InChI is InChI=1S/C38H42N4O9S/c1-49-32-15-12-25(20-33(32)50-2)19-29-35(44)40-28(17-23-7-4-3-5-8-23)36(45)42-31(38(47)48)18-24-10-13-26(14-11-24)51-22-34(43)39-30(37(46)41-29)21-27-9-6-16-52-27/h3-8,10-16,20,27-31H,9,17-19,21-22H2,1-2H3,(H,39,43)(H,40,44)(H,41,46)(H,42,45)(H,47,48)/t27?,28-,29-,30-,31-/m0/s1. The molecule has 3 aliphatic heterocycles. The van der Waals surface area contributed by atoms with Crippen molar-refractivity contribution in [2.75, 3.05) is 20.8 Å². The minimum Gasteiger partial charge on any atom is -0.493 e. The van der Waals surface area contributed by atoms with Gasteiger partial charge in [0.15, 0.2) is 18.1 Å². The van der Waals surface area contributed by atoms with Gasteiger partial charge in [-0.05, 0) is 59.2 Å². The van der Waals surface area contributed by atoms with Crippen LogP contribution in [0.15, 0.2) is 84.3 Å². The van der Waals surface area contributed by atoms with Crippen LogP contribution in [-0.4, -0.2) is 84.9 Å². The van der Waals surface area contributed by atoms with Gasteiger partial charge in [-0.15, -0.1) is 11.8 Å². The summed E-state index contributed by atoms with van der Waals surface area (Å²) in [6, 6.07) is 15.8. The highest BCUT2D eigenvalue weighted by Gasteiger charge is 2.33. The maximum Gasteiger partial charge on any atom is 0.326 e. The number of benzene rings is 3. The molecule has 52 heavy (non-hydrogen) atoms. The smallest absolute Gasteiger partial charge is 0.326 e. The number of rotatable bonds is 9. The van der Waals surface area contributed by atoms with Gasteiger partial charge in [-0.3, -0.25) is 19.2 Å². The van der Waals surface area contributed by atoms with Gasteiger partial charge >= 0.3 is 5.97 Å². The molecule has 13 nitrogen and oxygen atoms in total. The third-order valence-electron chi connectivity index (χ3n) is 8.70. The molecule has 1 unspecified atom stereocenters. The number of aliphatic carboxylic acids is 1. The van der Waals surface area contributed by atoms with Gasteiger partial charge in [0.2, 0.25) is 17.7 Å². The molecule has 0 saturated heterocycles. The van der Waals surface area contributed by atoms with E-state index in [0.717, 1.165) is 5.56 Å². The minimum atomic E-state index is -1.33. The first-order valence-corrected chi connectivity index (χ1v) is 17.8. The van der Waals surface area contributed by atoms with E-state index in [2.05, 4.69) is 21.3 Å². The second-order valence-corrected chi connectivity index (χ2v) is 13.7. The van der Waals surface area contributed by atoms with E-state index >= 15 is 0 Å². The van der Waals surface area contributed by atoms with Gasteiger partial charge in [0.25, 0.3) is 5.91 Å². The second kappa shape index (κ2) is 18.1. The number of hydrogen-bond acceptors (Lipinski definition) is 9. The summed E-state index contributed by atoms with van der Waals surface area (Å²) in [4.78, 5) is 67.6. The Morgan fingerprint density at radius 2 is 1.44 bits per heavy atom. The average molecular weight is 731 g/mol. The number of fused-ring (bicyclic) bond motifs is 16. The van der Waals surface area contributed by atoms with Crippen molar-refractivity contribution >= 4 is 41.4 Å². The highest BCUT2D eigenvalue weighted by Crippen LogP contribution is 2.29. The molecule has 0 radical (unpaired) electrons. The van der Waals surface area contributed by atoms with Crippen molar-refractivity contribution in [2.45, 2.75) is 61.5 Å². The Bertz CT molecular complexity index is 1760. The van der Waals surface area contributed by atoms with E-state index in [1.54, 1.807) is 78.5 Å². The third-order valence-corrected chi connectivity index (χ3v) is 9.82. The number of methoxy groups -OCH3 is 2. The quantitative estimate of drug-likeness (QED) is 0.205. The molecular weight excluding hydrogens is 689 g/mol. The number of ether oxygens (including phenoxy) is 3. The molecule has 4 amide bonds.